The number of halogens is 2. The van der Waals surface area contributed by atoms with E-state index in [4.69, 9.17) is 23.8 Å². The van der Waals surface area contributed by atoms with E-state index in [0.717, 1.165) is 19.3 Å². The predicted molar refractivity (Wildman–Crippen MR) is 123 cm³/mol. The second-order valence-corrected chi connectivity index (χ2v) is 8.34. The SMILES string of the molecule is O=C(NCCC1=CCCCC1)c1ccc2c(=O)n(-c3ccc(F)c(Cl)c3)c(=S)[nH]c2c1. The first kappa shape index (κ1) is 21.5. The van der Waals surface area contributed by atoms with Gasteiger partial charge >= 0.3 is 0 Å². The highest BCUT2D eigenvalue weighted by atomic mass is 35.5. The number of nitrogens with zero attached hydrogens (tertiary/aromatic N) is 1. The zero-order valence-corrected chi connectivity index (χ0v) is 18.3. The van der Waals surface area contributed by atoms with Crippen molar-refractivity contribution in [1.29, 1.82) is 0 Å². The number of aromatic nitrogens is 2. The summed E-state index contributed by atoms with van der Waals surface area (Å²) in [5, 5.41) is 3.19. The highest BCUT2D eigenvalue weighted by molar-refractivity contribution is 7.71. The molecule has 0 radical (unpaired) electrons. The summed E-state index contributed by atoms with van der Waals surface area (Å²) in [6.07, 6.45) is 7.80. The first-order valence-electron chi connectivity index (χ1n) is 10.1. The molecule has 1 aliphatic rings. The Morgan fingerprint density at radius 2 is 2.06 bits per heavy atom. The minimum Gasteiger partial charge on any atom is -0.352 e. The first-order chi connectivity index (χ1) is 14.9. The molecule has 0 saturated carbocycles. The molecule has 1 aliphatic carbocycles. The fourth-order valence-corrected chi connectivity index (χ4v) is 4.26. The Balaban J connectivity index is 1.59. The van der Waals surface area contributed by atoms with Crippen molar-refractivity contribution < 1.29 is 9.18 Å². The standard InChI is InChI=1S/C23H21ClFN3O2S/c24-18-13-16(7-9-19(18)25)28-22(30)17-8-6-15(12-20(17)27-23(28)31)21(29)26-11-10-14-4-2-1-3-5-14/h4,6-9,12-13H,1-3,5,10-11H2,(H,26,29)(H,27,31). The molecular weight excluding hydrogens is 437 g/mol. The van der Waals surface area contributed by atoms with Gasteiger partial charge in [-0.25, -0.2) is 4.39 Å². The lowest BCUT2D eigenvalue weighted by Crippen LogP contribution is -2.25. The summed E-state index contributed by atoms with van der Waals surface area (Å²) >= 11 is 11.2. The highest BCUT2D eigenvalue weighted by Crippen LogP contribution is 2.20. The van der Waals surface area contributed by atoms with Crippen LogP contribution in [0, 0.1) is 10.6 Å². The maximum Gasteiger partial charge on any atom is 0.266 e. The second kappa shape index (κ2) is 9.16. The largest absolute Gasteiger partial charge is 0.352 e. The Hall–Kier alpha value is -2.77. The molecule has 2 aromatic carbocycles. The molecule has 0 fully saturated rings. The summed E-state index contributed by atoms with van der Waals surface area (Å²) < 4.78 is 14.9. The molecule has 0 saturated heterocycles. The molecule has 1 amide bonds. The molecule has 1 heterocycles. The van der Waals surface area contributed by atoms with E-state index in [1.165, 1.54) is 41.2 Å². The van der Waals surface area contributed by atoms with Crippen LogP contribution in [0.5, 0.6) is 0 Å². The molecule has 0 bridgehead atoms. The fourth-order valence-electron chi connectivity index (χ4n) is 3.79. The van der Waals surface area contributed by atoms with Crippen LogP contribution in [0.2, 0.25) is 5.02 Å². The van der Waals surface area contributed by atoms with Crippen LogP contribution in [0.25, 0.3) is 16.6 Å². The fraction of sp³-hybridized carbons (Fsp3) is 0.261. The Morgan fingerprint density at radius 3 is 2.81 bits per heavy atom. The zero-order chi connectivity index (χ0) is 22.0. The van der Waals surface area contributed by atoms with Crippen molar-refractivity contribution in [3.05, 3.63) is 79.6 Å². The maximum absolute atomic E-state index is 13.5. The van der Waals surface area contributed by atoms with Gasteiger partial charge in [-0.15, -0.1) is 0 Å². The number of hydrogen-bond acceptors (Lipinski definition) is 3. The number of carbonyl (C=O) groups excluding carboxylic acids is 1. The smallest absolute Gasteiger partial charge is 0.266 e. The van der Waals surface area contributed by atoms with E-state index in [9.17, 15) is 14.0 Å². The summed E-state index contributed by atoms with van der Waals surface area (Å²) in [5.41, 5.74) is 2.28. The van der Waals surface area contributed by atoms with Gasteiger partial charge in [0.05, 0.1) is 21.6 Å². The lowest BCUT2D eigenvalue weighted by atomic mass is 9.97. The van der Waals surface area contributed by atoms with Crippen LogP contribution in [-0.2, 0) is 0 Å². The number of H-pyrrole nitrogens is 1. The molecule has 1 aromatic heterocycles. The Morgan fingerprint density at radius 1 is 1.23 bits per heavy atom. The van der Waals surface area contributed by atoms with Crippen molar-refractivity contribution >= 4 is 40.6 Å². The number of fused-ring (bicyclic) bond motifs is 1. The van der Waals surface area contributed by atoms with E-state index < -0.39 is 5.82 Å². The maximum atomic E-state index is 13.5. The van der Waals surface area contributed by atoms with Crippen LogP contribution in [0.4, 0.5) is 4.39 Å². The van der Waals surface area contributed by atoms with E-state index >= 15 is 0 Å². The molecule has 160 valence electrons. The van der Waals surface area contributed by atoms with Crippen molar-refractivity contribution in [2.24, 2.45) is 0 Å². The molecule has 31 heavy (non-hydrogen) atoms. The average Bonchev–Trinajstić information content (AvgIpc) is 2.76. The van der Waals surface area contributed by atoms with Crippen molar-refractivity contribution in [3.8, 4) is 5.69 Å². The van der Waals surface area contributed by atoms with Gasteiger partial charge in [-0.05, 0) is 80.7 Å². The normalized spacial score (nSPS) is 13.8. The van der Waals surface area contributed by atoms with Gasteiger partial charge in [-0.1, -0.05) is 23.3 Å². The van der Waals surface area contributed by atoms with Gasteiger partial charge in [-0.2, -0.15) is 0 Å². The van der Waals surface area contributed by atoms with Crippen LogP contribution in [0.15, 0.2) is 52.8 Å². The number of hydrogen-bond donors (Lipinski definition) is 2. The van der Waals surface area contributed by atoms with Crippen LogP contribution < -0.4 is 10.9 Å². The lowest BCUT2D eigenvalue weighted by Gasteiger charge is -2.13. The number of carbonyl (C=O) groups is 1. The van der Waals surface area contributed by atoms with Crippen molar-refractivity contribution in [2.75, 3.05) is 6.54 Å². The van der Waals surface area contributed by atoms with Crippen molar-refractivity contribution in [1.82, 2.24) is 14.9 Å². The minimum atomic E-state index is -0.579. The van der Waals surface area contributed by atoms with Crippen LogP contribution in [0.3, 0.4) is 0 Å². The third kappa shape index (κ3) is 4.62. The molecule has 0 atom stereocenters. The molecule has 0 unspecified atom stereocenters. The van der Waals surface area contributed by atoms with E-state index in [-0.39, 0.29) is 21.3 Å². The zero-order valence-electron chi connectivity index (χ0n) is 16.7. The molecule has 8 heteroatoms. The topological polar surface area (TPSA) is 66.9 Å². The number of nitrogens with one attached hydrogen (secondary N) is 2. The average molecular weight is 458 g/mol. The third-order valence-electron chi connectivity index (χ3n) is 5.44. The van der Waals surface area contributed by atoms with Crippen molar-refractivity contribution in [2.45, 2.75) is 32.1 Å². The molecule has 2 N–H and O–H groups in total. The third-order valence-corrected chi connectivity index (χ3v) is 6.01. The molecule has 0 spiro atoms. The van der Waals surface area contributed by atoms with E-state index in [1.54, 1.807) is 18.2 Å². The Bertz CT molecular complexity index is 1310. The quantitative estimate of drug-likeness (QED) is 0.395. The first-order valence-corrected chi connectivity index (χ1v) is 10.9. The molecule has 5 nitrogen and oxygen atoms in total. The highest BCUT2D eigenvalue weighted by Gasteiger charge is 2.13. The number of benzene rings is 2. The van der Waals surface area contributed by atoms with E-state index in [0.29, 0.717) is 28.7 Å². The number of aromatic amines is 1. The molecule has 4 rings (SSSR count). The minimum absolute atomic E-state index is 0.102. The van der Waals surface area contributed by atoms with Gasteiger partial charge in [-0.3, -0.25) is 14.2 Å². The summed E-state index contributed by atoms with van der Waals surface area (Å²) in [5.74, 6) is -0.781. The lowest BCUT2D eigenvalue weighted by molar-refractivity contribution is 0.0954. The molecule has 0 aliphatic heterocycles. The van der Waals surface area contributed by atoms with Gasteiger partial charge in [0.1, 0.15) is 5.82 Å². The van der Waals surface area contributed by atoms with Gasteiger partial charge in [0.2, 0.25) is 0 Å². The second-order valence-electron chi connectivity index (χ2n) is 7.54. The Kier molecular flexibility index (Phi) is 6.34. The number of rotatable bonds is 5. The summed E-state index contributed by atoms with van der Waals surface area (Å²) in [6, 6.07) is 8.77. The van der Waals surface area contributed by atoms with Gasteiger partial charge < -0.3 is 10.3 Å². The van der Waals surface area contributed by atoms with E-state index in [1.807, 2.05) is 0 Å². The number of amides is 1. The van der Waals surface area contributed by atoms with Crippen LogP contribution in [0.1, 0.15) is 42.5 Å². The Labute approximate surface area is 188 Å². The summed E-state index contributed by atoms with van der Waals surface area (Å²) in [6.45, 7) is 0.575. The van der Waals surface area contributed by atoms with Gasteiger partial charge in [0, 0.05) is 12.1 Å². The monoisotopic (exact) mass is 457 g/mol. The van der Waals surface area contributed by atoms with Crippen molar-refractivity contribution in [3.63, 3.8) is 0 Å². The predicted octanol–water partition coefficient (Wildman–Crippen LogP) is 5.46. The summed E-state index contributed by atoms with van der Waals surface area (Å²) in [7, 11) is 0. The number of allylic oxidation sites excluding steroid dienone is 1. The summed E-state index contributed by atoms with van der Waals surface area (Å²) in [4.78, 5) is 28.5. The van der Waals surface area contributed by atoms with Gasteiger partial charge in [0.25, 0.3) is 11.5 Å². The van der Waals surface area contributed by atoms with Gasteiger partial charge in [0.15, 0.2) is 4.77 Å². The molecular formula is C23H21ClFN3O2S. The molecule has 3 aromatic rings. The van der Waals surface area contributed by atoms with E-state index in [2.05, 4.69) is 16.4 Å². The van der Waals surface area contributed by atoms with Crippen LogP contribution in [-0.4, -0.2) is 22.0 Å². The van der Waals surface area contributed by atoms with Crippen LogP contribution >= 0.6 is 23.8 Å².